The first-order valence-electron chi connectivity index (χ1n) is 13.5. The summed E-state index contributed by atoms with van der Waals surface area (Å²) in [6, 6.07) is 13.8. The summed E-state index contributed by atoms with van der Waals surface area (Å²) >= 11 is 0. The highest BCUT2D eigenvalue weighted by atomic mass is 16.5. The first-order chi connectivity index (χ1) is 17.9. The highest BCUT2D eigenvalue weighted by Crippen LogP contribution is 2.38. The Morgan fingerprint density at radius 1 is 1.05 bits per heavy atom. The summed E-state index contributed by atoms with van der Waals surface area (Å²) in [5, 5.41) is 4.58. The number of anilines is 1. The number of benzene rings is 1. The number of likely N-dealkylation sites (tertiary alicyclic amines) is 1. The van der Waals surface area contributed by atoms with Gasteiger partial charge in [0.1, 0.15) is 5.60 Å². The standard InChI is InChI=1S/C29H38N6O2/c1-20(2)34-18-29(19-34,37-3)24-6-4-21(5-7-24)23-16-27-26(8-9-31-35(27)17-23)32-10-12-33(13-11-32)28(36)22-14-25(30)15-22/h4-9,16-17,20,22,25H,10-15,18-19,30H2,1-3H3. The molecule has 3 fully saturated rings. The quantitative estimate of drug-likeness (QED) is 0.558. The summed E-state index contributed by atoms with van der Waals surface area (Å²) in [7, 11) is 1.82. The van der Waals surface area contributed by atoms with Crippen molar-refractivity contribution in [1.29, 1.82) is 0 Å². The number of fused-ring (bicyclic) bond motifs is 1. The molecule has 8 nitrogen and oxygen atoms in total. The summed E-state index contributed by atoms with van der Waals surface area (Å²) in [6.45, 7) is 9.47. The van der Waals surface area contributed by atoms with Crippen molar-refractivity contribution < 1.29 is 9.53 Å². The lowest BCUT2D eigenvalue weighted by atomic mass is 9.80. The molecule has 1 aliphatic carbocycles. The zero-order valence-electron chi connectivity index (χ0n) is 22.1. The minimum absolute atomic E-state index is 0.131. The number of carbonyl (C=O) groups excluding carboxylic acids is 1. The molecule has 8 heteroatoms. The van der Waals surface area contributed by atoms with Gasteiger partial charge in [0, 0.05) is 82.3 Å². The van der Waals surface area contributed by atoms with Gasteiger partial charge in [0.15, 0.2) is 0 Å². The number of nitrogens with zero attached hydrogens (tertiary/aromatic N) is 5. The van der Waals surface area contributed by atoms with Crippen LogP contribution in [-0.4, -0.2) is 83.8 Å². The Kier molecular flexibility index (Phi) is 6.21. The third-order valence-electron chi connectivity index (χ3n) is 8.72. The summed E-state index contributed by atoms with van der Waals surface area (Å²) < 4.78 is 7.94. The highest BCUT2D eigenvalue weighted by Gasteiger charge is 2.45. The van der Waals surface area contributed by atoms with E-state index in [4.69, 9.17) is 10.5 Å². The molecule has 4 heterocycles. The number of hydrogen-bond acceptors (Lipinski definition) is 6. The van der Waals surface area contributed by atoms with Crippen LogP contribution in [0.5, 0.6) is 0 Å². The smallest absolute Gasteiger partial charge is 0.225 e. The molecule has 1 saturated carbocycles. The molecular formula is C29H38N6O2. The molecule has 2 aliphatic heterocycles. The Balaban J connectivity index is 1.17. The lowest BCUT2D eigenvalue weighted by Crippen LogP contribution is -2.62. The van der Waals surface area contributed by atoms with Gasteiger partial charge in [-0.3, -0.25) is 9.69 Å². The van der Waals surface area contributed by atoms with Crippen molar-refractivity contribution in [1.82, 2.24) is 19.4 Å². The van der Waals surface area contributed by atoms with Crippen LogP contribution in [0.1, 0.15) is 32.3 Å². The lowest BCUT2D eigenvalue weighted by molar-refractivity contribution is -0.141. The van der Waals surface area contributed by atoms with E-state index in [9.17, 15) is 4.79 Å². The predicted molar refractivity (Wildman–Crippen MR) is 146 cm³/mol. The molecule has 0 bridgehead atoms. The van der Waals surface area contributed by atoms with E-state index >= 15 is 0 Å². The number of piperazine rings is 1. The van der Waals surface area contributed by atoms with Crippen LogP contribution in [-0.2, 0) is 15.1 Å². The van der Waals surface area contributed by atoms with Crippen LogP contribution in [0.2, 0.25) is 0 Å². The maximum absolute atomic E-state index is 12.7. The van der Waals surface area contributed by atoms with Crippen molar-refractivity contribution >= 4 is 17.1 Å². The molecule has 0 unspecified atom stereocenters. The molecule has 2 saturated heterocycles. The van der Waals surface area contributed by atoms with E-state index in [0.29, 0.717) is 6.04 Å². The number of methoxy groups -OCH3 is 1. The fraction of sp³-hybridized carbons (Fsp3) is 0.517. The van der Waals surface area contributed by atoms with Gasteiger partial charge in [-0.2, -0.15) is 5.10 Å². The predicted octanol–water partition coefficient (Wildman–Crippen LogP) is 2.95. The highest BCUT2D eigenvalue weighted by molar-refractivity contribution is 5.82. The maximum Gasteiger partial charge on any atom is 0.225 e. The Bertz CT molecular complexity index is 1270. The summed E-state index contributed by atoms with van der Waals surface area (Å²) in [5.74, 6) is 0.412. The second-order valence-electron chi connectivity index (χ2n) is 11.3. The number of amides is 1. The molecule has 0 radical (unpaired) electrons. The summed E-state index contributed by atoms with van der Waals surface area (Å²) in [4.78, 5) is 19.6. The zero-order valence-corrected chi connectivity index (χ0v) is 22.1. The third kappa shape index (κ3) is 4.31. The normalized spacial score (nSPS) is 23.8. The number of aromatic nitrogens is 2. The molecule has 6 rings (SSSR count). The minimum atomic E-state index is -0.211. The van der Waals surface area contributed by atoms with Gasteiger partial charge >= 0.3 is 0 Å². The fourth-order valence-electron chi connectivity index (χ4n) is 6.09. The van der Waals surface area contributed by atoms with Gasteiger partial charge in [-0.15, -0.1) is 0 Å². The van der Waals surface area contributed by atoms with Gasteiger partial charge in [0.2, 0.25) is 5.91 Å². The Morgan fingerprint density at radius 3 is 2.38 bits per heavy atom. The summed E-state index contributed by atoms with van der Waals surface area (Å²) in [6.07, 6.45) is 5.63. The van der Waals surface area contributed by atoms with Crippen LogP contribution in [0.4, 0.5) is 5.69 Å². The van der Waals surface area contributed by atoms with E-state index in [1.165, 1.54) is 11.1 Å². The average Bonchev–Trinajstić information content (AvgIpc) is 3.31. The van der Waals surface area contributed by atoms with Crippen LogP contribution < -0.4 is 10.6 Å². The van der Waals surface area contributed by atoms with Crippen LogP contribution in [0, 0.1) is 5.92 Å². The van der Waals surface area contributed by atoms with Crippen LogP contribution >= 0.6 is 0 Å². The average molecular weight is 503 g/mol. The van der Waals surface area contributed by atoms with Gasteiger partial charge in [-0.25, -0.2) is 4.52 Å². The Labute approximate surface area is 219 Å². The molecule has 196 valence electrons. The summed E-state index contributed by atoms with van der Waals surface area (Å²) in [5.41, 5.74) is 11.5. The Morgan fingerprint density at radius 2 is 1.76 bits per heavy atom. The zero-order chi connectivity index (χ0) is 25.7. The van der Waals surface area contributed by atoms with Crippen molar-refractivity contribution in [2.75, 3.05) is 51.3 Å². The van der Waals surface area contributed by atoms with E-state index in [0.717, 1.165) is 68.9 Å². The second-order valence-corrected chi connectivity index (χ2v) is 11.3. The van der Waals surface area contributed by atoms with Crippen LogP contribution in [0.15, 0.2) is 48.8 Å². The van der Waals surface area contributed by atoms with E-state index in [1.54, 1.807) is 0 Å². The van der Waals surface area contributed by atoms with E-state index in [1.807, 2.05) is 22.7 Å². The van der Waals surface area contributed by atoms with Crippen LogP contribution in [0.25, 0.3) is 16.6 Å². The first-order valence-corrected chi connectivity index (χ1v) is 13.5. The van der Waals surface area contributed by atoms with Crippen molar-refractivity contribution in [2.45, 2.75) is 44.4 Å². The number of nitrogens with two attached hydrogens (primary N) is 1. The fourth-order valence-corrected chi connectivity index (χ4v) is 6.09. The van der Waals surface area contributed by atoms with Gasteiger partial charge in [-0.05, 0) is 49.9 Å². The number of hydrogen-bond donors (Lipinski definition) is 1. The monoisotopic (exact) mass is 502 g/mol. The Hall–Kier alpha value is -2.94. The molecule has 2 aromatic heterocycles. The topological polar surface area (TPSA) is 79.3 Å². The molecule has 2 N–H and O–H groups in total. The number of rotatable bonds is 6. The van der Waals surface area contributed by atoms with Crippen molar-refractivity contribution in [2.24, 2.45) is 11.7 Å². The molecule has 3 aromatic rings. The molecule has 1 amide bonds. The van der Waals surface area contributed by atoms with Gasteiger partial charge < -0.3 is 20.3 Å². The molecular weight excluding hydrogens is 464 g/mol. The van der Waals surface area contributed by atoms with Crippen molar-refractivity contribution in [3.05, 3.63) is 54.4 Å². The molecule has 0 atom stereocenters. The second kappa shape index (κ2) is 9.42. The third-order valence-corrected chi connectivity index (χ3v) is 8.72. The maximum atomic E-state index is 12.7. The molecule has 3 aliphatic rings. The van der Waals surface area contributed by atoms with Gasteiger partial charge in [0.05, 0.1) is 11.2 Å². The molecule has 37 heavy (non-hydrogen) atoms. The van der Waals surface area contributed by atoms with E-state index in [-0.39, 0.29) is 23.5 Å². The van der Waals surface area contributed by atoms with Gasteiger partial charge in [0.25, 0.3) is 0 Å². The van der Waals surface area contributed by atoms with E-state index < -0.39 is 0 Å². The van der Waals surface area contributed by atoms with Crippen LogP contribution in [0.3, 0.4) is 0 Å². The minimum Gasteiger partial charge on any atom is -0.371 e. The number of carbonyl (C=O) groups is 1. The first kappa shape index (κ1) is 24.4. The van der Waals surface area contributed by atoms with Gasteiger partial charge in [-0.1, -0.05) is 24.3 Å². The largest absolute Gasteiger partial charge is 0.371 e. The molecule has 1 aromatic carbocycles. The lowest BCUT2D eigenvalue weighted by Gasteiger charge is -2.51. The van der Waals surface area contributed by atoms with Crippen molar-refractivity contribution in [3.8, 4) is 11.1 Å². The van der Waals surface area contributed by atoms with E-state index in [2.05, 4.69) is 71.3 Å². The number of ether oxygens (including phenoxy) is 1. The molecule has 0 spiro atoms. The SMILES string of the molecule is COC1(c2ccc(-c3cc4c(N5CCN(C(=O)C6CC(N)C6)CC5)ccnn4c3)cc2)CN(C(C)C)C1. The van der Waals surface area contributed by atoms with Crippen molar-refractivity contribution in [3.63, 3.8) is 0 Å².